The molecule has 0 atom stereocenters. The van der Waals surface area contributed by atoms with Gasteiger partial charge in [0.15, 0.2) is 0 Å². The van der Waals surface area contributed by atoms with Crippen LogP contribution < -0.4 is 5.32 Å². The van der Waals surface area contributed by atoms with E-state index in [0.717, 1.165) is 12.1 Å². The van der Waals surface area contributed by atoms with Crippen molar-refractivity contribution in [1.29, 1.82) is 0 Å². The molecular weight excluding hydrogens is 231 g/mol. The molecule has 0 aliphatic carbocycles. The molecule has 1 radical (unpaired) electrons. The summed E-state index contributed by atoms with van der Waals surface area (Å²) < 4.78 is 37.1. The number of rotatable bonds is 1. The molecular formula is C12H13F3NO. The zero-order valence-electron chi connectivity index (χ0n) is 9.17. The molecule has 2 nitrogen and oxygen atoms in total. The molecule has 0 saturated carbocycles. The second kappa shape index (κ2) is 4.31. The summed E-state index contributed by atoms with van der Waals surface area (Å²) in [5, 5.41) is 14.4. The Kier molecular flexibility index (Phi) is 3.14. The van der Waals surface area contributed by atoms with Crippen molar-refractivity contribution >= 4 is 0 Å². The molecule has 1 N–H and O–H groups in total. The molecule has 5 heteroatoms. The van der Waals surface area contributed by atoms with Gasteiger partial charge in [-0.1, -0.05) is 12.1 Å². The van der Waals surface area contributed by atoms with Gasteiger partial charge < -0.3 is 5.11 Å². The third kappa shape index (κ3) is 2.61. The lowest BCUT2D eigenvalue weighted by Gasteiger charge is -2.32. The summed E-state index contributed by atoms with van der Waals surface area (Å²) in [7, 11) is 0. The highest BCUT2D eigenvalue weighted by Gasteiger charge is 2.34. The molecule has 1 saturated heterocycles. The molecule has 0 amide bonds. The zero-order chi connectivity index (χ0) is 12.5. The van der Waals surface area contributed by atoms with Gasteiger partial charge in [0, 0.05) is 13.1 Å². The number of nitrogens with zero attached hydrogens (tertiary/aromatic N) is 1. The van der Waals surface area contributed by atoms with Crippen LogP contribution in [0.1, 0.15) is 24.0 Å². The van der Waals surface area contributed by atoms with Crippen LogP contribution in [0.25, 0.3) is 0 Å². The van der Waals surface area contributed by atoms with Crippen LogP contribution in [0.3, 0.4) is 0 Å². The fourth-order valence-electron chi connectivity index (χ4n) is 2.02. The predicted octanol–water partition coefficient (Wildman–Crippen LogP) is 2.29. The van der Waals surface area contributed by atoms with Gasteiger partial charge in [0.2, 0.25) is 0 Å². The molecule has 17 heavy (non-hydrogen) atoms. The van der Waals surface area contributed by atoms with Crippen molar-refractivity contribution in [3.63, 3.8) is 0 Å². The molecule has 0 bridgehead atoms. The zero-order valence-corrected chi connectivity index (χ0v) is 9.17. The Hall–Kier alpha value is -1.07. The van der Waals surface area contributed by atoms with Gasteiger partial charge in [0.25, 0.3) is 0 Å². The van der Waals surface area contributed by atoms with E-state index in [0.29, 0.717) is 31.5 Å². The third-order valence-electron chi connectivity index (χ3n) is 3.12. The van der Waals surface area contributed by atoms with E-state index in [4.69, 9.17) is 0 Å². The SMILES string of the molecule is OC1(c2ccc(C(F)(F)F)cc2)CC[N]CC1. The average Bonchev–Trinajstić information content (AvgIpc) is 2.29. The summed E-state index contributed by atoms with van der Waals surface area (Å²) in [6.07, 6.45) is -3.39. The maximum absolute atomic E-state index is 12.4. The van der Waals surface area contributed by atoms with Crippen LogP contribution in [0, 0.1) is 0 Å². The summed E-state index contributed by atoms with van der Waals surface area (Å²) in [5.74, 6) is 0. The van der Waals surface area contributed by atoms with Crippen molar-refractivity contribution in [3.8, 4) is 0 Å². The Morgan fingerprint density at radius 3 is 2.06 bits per heavy atom. The number of hydrogen-bond acceptors (Lipinski definition) is 1. The van der Waals surface area contributed by atoms with E-state index in [1.54, 1.807) is 0 Å². The molecule has 2 rings (SSSR count). The highest BCUT2D eigenvalue weighted by Crippen LogP contribution is 2.34. The first-order valence-corrected chi connectivity index (χ1v) is 5.45. The quantitative estimate of drug-likeness (QED) is 0.808. The van der Waals surface area contributed by atoms with Gasteiger partial charge in [-0.15, -0.1) is 0 Å². The minimum Gasteiger partial charge on any atom is -0.385 e. The van der Waals surface area contributed by atoms with Gasteiger partial charge in [0.05, 0.1) is 11.2 Å². The van der Waals surface area contributed by atoms with Crippen LogP contribution in [0.4, 0.5) is 13.2 Å². The smallest absolute Gasteiger partial charge is 0.385 e. The lowest BCUT2D eigenvalue weighted by molar-refractivity contribution is -0.137. The third-order valence-corrected chi connectivity index (χ3v) is 3.12. The highest BCUT2D eigenvalue weighted by atomic mass is 19.4. The van der Waals surface area contributed by atoms with Gasteiger partial charge in [-0.2, -0.15) is 13.2 Å². The van der Waals surface area contributed by atoms with Gasteiger partial charge in [0.1, 0.15) is 0 Å². The summed E-state index contributed by atoms with van der Waals surface area (Å²) in [4.78, 5) is 0. The Morgan fingerprint density at radius 2 is 1.59 bits per heavy atom. The van der Waals surface area contributed by atoms with E-state index in [-0.39, 0.29) is 0 Å². The van der Waals surface area contributed by atoms with Crippen LogP contribution in [0.5, 0.6) is 0 Å². The molecule has 1 fully saturated rings. The molecule has 0 spiro atoms. The topological polar surface area (TPSA) is 34.3 Å². The van der Waals surface area contributed by atoms with Gasteiger partial charge in [-0.05, 0) is 30.5 Å². The van der Waals surface area contributed by atoms with E-state index >= 15 is 0 Å². The Labute approximate surface area is 97.5 Å². The van der Waals surface area contributed by atoms with Gasteiger partial charge in [-0.25, -0.2) is 5.32 Å². The molecule has 1 aliphatic heterocycles. The van der Waals surface area contributed by atoms with Crippen LogP contribution in [0.15, 0.2) is 24.3 Å². The predicted molar refractivity (Wildman–Crippen MR) is 56.4 cm³/mol. The van der Waals surface area contributed by atoms with Crippen LogP contribution >= 0.6 is 0 Å². The summed E-state index contributed by atoms with van der Waals surface area (Å²) >= 11 is 0. The molecule has 1 heterocycles. The van der Waals surface area contributed by atoms with Gasteiger partial charge >= 0.3 is 6.18 Å². The number of aliphatic hydroxyl groups is 1. The molecule has 1 aromatic rings. The maximum Gasteiger partial charge on any atom is 0.416 e. The van der Waals surface area contributed by atoms with Crippen molar-refractivity contribution in [2.45, 2.75) is 24.6 Å². The van der Waals surface area contributed by atoms with E-state index in [1.165, 1.54) is 12.1 Å². The average molecular weight is 244 g/mol. The van der Waals surface area contributed by atoms with Gasteiger partial charge in [-0.3, -0.25) is 0 Å². The number of hydrogen-bond donors (Lipinski definition) is 1. The Balaban J connectivity index is 2.23. The second-order valence-electron chi connectivity index (χ2n) is 4.28. The van der Waals surface area contributed by atoms with Crippen molar-refractivity contribution < 1.29 is 18.3 Å². The van der Waals surface area contributed by atoms with E-state index < -0.39 is 17.3 Å². The van der Waals surface area contributed by atoms with Crippen LogP contribution in [-0.4, -0.2) is 18.2 Å². The lowest BCUT2D eigenvalue weighted by Crippen LogP contribution is -2.36. The first-order valence-electron chi connectivity index (χ1n) is 5.45. The summed E-state index contributed by atoms with van der Waals surface area (Å²) in [6, 6.07) is 4.74. The Morgan fingerprint density at radius 1 is 1.06 bits per heavy atom. The minimum absolute atomic E-state index is 0.471. The first kappa shape index (κ1) is 12.4. The van der Waals surface area contributed by atoms with Crippen molar-refractivity contribution in [2.75, 3.05) is 13.1 Å². The van der Waals surface area contributed by atoms with Crippen molar-refractivity contribution in [1.82, 2.24) is 5.32 Å². The van der Waals surface area contributed by atoms with Crippen molar-refractivity contribution in [2.24, 2.45) is 0 Å². The lowest BCUT2D eigenvalue weighted by atomic mass is 9.85. The Bertz CT molecular complexity index is 380. The monoisotopic (exact) mass is 244 g/mol. The standard InChI is InChI=1S/C12H13F3NO/c13-12(14,15)10-3-1-9(2-4-10)11(17)5-7-16-8-6-11/h1-4,17H,5-8H2. The number of benzene rings is 1. The van der Waals surface area contributed by atoms with E-state index in [9.17, 15) is 18.3 Å². The number of alkyl halides is 3. The fraction of sp³-hybridized carbons (Fsp3) is 0.500. The summed E-state index contributed by atoms with van der Waals surface area (Å²) in [5.41, 5.74) is -1.17. The molecule has 93 valence electrons. The van der Waals surface area contributed by atoms with Crippen LogP contribution in [-0.2, 0) is 11.8 Å². The van der Waals surface area contributed by atoms with Crippen molar-refractivity contribution in [3.05, 3.63) is 35.4 Å². The molecule has 1 aliphatic rings. The van der Waals surface area contributed by atoms with E-state index in [1.807, 2.05) is 0 Å². The molecule has 0 unspecified atom stereocenters. The fourth-order valence-corrected chi connectivity index (χ4v) is 2.02. The highest BCUT2D eigenvalue weighted by molar-refractivity contribution is 5.29. The number of piperidine rings is 1. The first-order chi connectivity index (χ1) is 7.92. The number of halogens is 3. The summed E-state index contributed by atoms with van der Waals surface area (Å²) in [6.45, 7) is 1.11. The molecule has 1 aromatic carbocycles. The van der Waals surface area contributed by atoms with E-state index in [2.05, 4.69) is 5.32 Å². The largest absolute Gasteiger partial charge is 0.416 e. The minimum atomic E-state index is -4.33. The maximum atomic E-state index is 12.4. The normalized spacial score (nSPS) is 20.2. The molecule has 0 aromatic heterocycles. The van der Waals surface area contributed by atoms with Crippen LogP contribution in [0.2, 0.25) is 0 Å². The second-order valence-corrected chi connectivity index (χ2v) is 4.28.